The number of nitrogens with zero attached hydrogens (tertiary/aromatic N) is 1. The topological polar surface area (TPSA) is 12.5 Å². The highest BCUT2D eigenvalue weighted by Crippen LogP contribution is 2.59. The lowest BCUT2D eigenvalue weighted by Gasteiger charge is -2.33. The molecule has 2 nitrogen and oxygen atoms in total. The van der Waals surface area contributed by atoms with E-state index in [2.05, 4.69) is 334 Å². The Morgan fingerprint density at radius 3 is 0.991 bits per heavy atom. The van der Waals surface area contributed by atoms with Crippen molar-refractivity contribution < 1.29 is 4.74 Å². The zero-order valence-corrected chi connectivity index (χ0v) is 64.2. The quantitative estimate of drug-likeness (QED) is 0.0665. The highest BCUT2D eigenvalue weighted by Gasteiger charge is 2.44. The third-order valence-electron chi connectivity index (χ3n) is 25.8. The molecule has 4 aliphatic carbocycles. The molecule has 18 rings (SSSR count). The lowest BCUT2D eigenvalue weighted by molar-refractivity contribution is 0.398. The van der Waals surface area contributed by atoms with Crippen molar-refractivity contribution >= 4 is 17.1 Å². The Bertz CT molecular complexity index is 5610. The Balaban J connectivity index is 0.601. The monoisotopic (exact) mass is 1390 g/mol. The summed E-state index contributed by atoms with van der Waals surface area (Å²) >= 11 is 0. The molecule has 0 radical (unpaired) electrons. The van der Waals surface area contributed by atoms with Crippen LogP contribution >= 0.6 is 0 Å². The number of hydrogen-bond acceptors (Lipinski definition) is 2. The van der Waals surface area contributed by atoms with Crippen LogP contribution in [0.4, 0.5) is 17.1 Å². The Morgan fingerprint density at radius 1 is 0.252 bits per heavy atom. The fourth-order valence-electron chi connectivity index (χ4n) is 19.7. The van der Waals surface area contributed by atoms with E-state index in [0.29, 0.717) is 0 Å². The van der Waals surface area contributed by atoms with Gasteiger partial charge >= 0.3 is 0 Å². The molecule has 0 saturated carbocycles. The zero-order valence-electron chi connectivity index (χ0n) is 64.2. The predicted octanol–water partition coefficient (Wildman–Crippen LogP) is 30.3. The van der Waals surface area contributed by atoms with Gasteiger partial charge in [-0.2, -0.15) is 0 Å². The maximum atomic E-state index is 7.18. The van der Waals surface area contributed by atoms with Crippen LogP contribution in [0.2, 0.25) is 0 Å². The number of aryl methyl sites for hydroxylation is 1. The van der Waals surface area contributed by atoms with Crippen LogP contribution in [0, 0.1) is 6.92 Å². The standard InChI is InChI=1S/C105H99NO/c1-10-12-14-16-18-25-57-105(58-26-19-17-15-13-11-2)90-30-24-23-29-82(90)89-54-43-78(65-97(89)105)75-40-51-87-85-49-38-73(60-92(85)103(6,7)95(87)62-75)71-32-34-72(35-33-71)74-39-50-86-88-53-42-77(64-96(88)104(8,9)93(86)61-74)80-45-56-99-101(67-80)107-100-66-79(76-41-52-84-83-48-31-68(3)59-91(83)102(4,5)94(84)63-76)44-55-98(100)106(99)81-46-36-70(37-47-81)69-27-21-20-22-28-69/h20-24,27-56,59-67H,10-19,25-26,57-58H2,1-9H3. The molecule has 0 atom stereocenters. The number of unbranched alkanes of at least 4 members (excludes halogenated alkanes) is 10. The smallest absolute Gasteiger partial charge is 0.152 e. The van der Waals surface area contributed by atoms with E-state index >= 15 is 0 Å². The second kappa shape index (κ2) is 27.0. The Hall–Kier alpha value is -10.5. The van der Waals surface area contributed by atoms with Gasteiger partial charge in [-0.25, -0.2) is 0 Å². The zero-order chi connectivity index (χ0) is 72.9. The summed E-state index contributed by atoms with van der Waals surface area (Å²) in [5.41, 5.74) is 40.9. The molecule has 5 aliphatic rings. The minimum Gasteiger partial charge on any atom is -0.453 e. The molecule has 0 aromatic heterocycles. The van der Waals surface area contributed by atoms with E-state index in [1.165, 1.54) is 229 Å². The summed E-state index contributed by atoms with van der Waals surface area (Å²) in [7, 11) is 0. The van der Waals surface area contributed by atoms with Crippen LogP contribution in [0.15, 0.2) is 267 Å². The molecular weight excluding hydrogens is 1290 g/mol. The molecule has 0 unspecified atom stereocenters. The van der Waals surface area contributed by atoms with E-state index in [-0.39, 0.29) is 21.7 Å². The molecule has 13 aromatic rings. The Morgan fingerprint density at radius 2 is 0.551 bits per heavy atom. The summed E-state index contributed by atoms with van der Waals surface area (Å²) in [6.07, 6.45) is 18.4. The third kappa shape index (κ3) is 11.7. The van der Waals surface area contributed by atoms with Gasteiger partial charge in [0.15, 0.2) is 11.5 Å². The van der Waals surface area contributed by atoms with Crippen LogP contribution in [-0.4, -0.2) is 0 Å². The van der Waals surface area contributed by atoms with E-state index in [9.17, 15) is 0 Å². The largest absolute Gasteiger partial charge is 0.453 e. The summed E-state index contributed by atoms with van der Waals surface area (Å²) in [6, 6.07) is 102. The average molecular weight is 1390 g/mol. The molecule has 530 valence electrons. The highest BCUT2D eigenvalue weighted by molar-refractivity contribution is 5.94. The van der Waals surface area contributed by atoms with Gasteiger partial charge in [0.2, 0.25) is 0 Å². The molecule has 1 aliphatic heterocycles. The first-order valence-corrected chi connectivity index (χ1v) is 40.2. The first-order chi connectivity index (χ1) is 52.1. The van der Waals surface area contributed by atoms with Gasteiger partial charge in [0.05, 0.1) is 11.4 Å². The highest BCUT2D eigenvalue weighted by atomic mass is 16.5. The van der Waals surface area contributed by atoms with Gasteiger partial charge in [0, 0.05) is 27.3 Å². The van der Waals surface area contributed by atoms with Crippen molar-refractivity contribution in [2.45, 2.75) is 174 Å². The van der Waals surface area contributed by atoms with Gasteiger partial charge in [0.25, 0.3) is 0 Å². The summed E-state index contributed by atoms with van der Waals surface area (Å²) in [6.45, 7) is 21.3. The number of hydrogen-bond donors (Lipinski definition) is 0. The second-order valence-electron chi connectivity index (χ2n) is 33.4. The minimum absolute atomic E-state index is 0.0561. The molecule has 13 aromatic carbocycles. The molecule has 107 heavy (non-hydrogen) atoms. The fraction of sp³-hybridized carbons (Fsp3) is 0.257. The van der Waals surface area contributed by atoms with E-state index in [0.717, 1.165) is 39.7 Å². The van der Waals surface area contributed by atoms with Crippen molar-refractivity contribution in [1.82, 2.24) is 0 Å². The number of rotatable bonds is 21. The molecular formula is C105H99NO. The second-order valence-corrected chi connectivity index (χ2v) is 33.4. The van der Waals surface area contributed by atoms with Gasteiger partial charge in [-0.3, -0.25) is 0 Å². The third-order valence-corrected chi connectivity index (χ3v) is 25.8. The lowest BCUT2D eigenvalue weighted by atomic mass is 9.70. The van der Waals surface area contributed by atoms with Gasteiger partial charge < -0.3 is 9.64 Å². The number of anilines is 3. The predicted molar refractivity (Wildman–Crippen MR) is 453 cm³/mol. The van der Waals surface area contributed by atoms with Crippen molar-refractivity contribution in [3.63, 3.8) is 0 Å². The average Bonchev–Trinajstić information content (AvgIpc) is 1.70. The van der Waals surface area contributed by atoms with E-state index < -0.39 is 0 Å². The minimum atomic E-state index is -0.233. The molecule has 0 amide bonds. The molecule has 0 N–H and O–H groups in total. The molecule has 0 bridgehead atoms. The molecule has 1 heterocycles. The van der Waals surface area contributed by atoms with E-state index in [1.807, 2.05) is 0 Å². The normalized spacial score (nSPS) is 14.9. The summed E-state index contributed by atoms with van der Waals surface area (Å²) in [5, 5.41) is 0. The first kappa shape index (κ1) is 68.3. The van der Waals surface area contributed by atoms with Crippen molar-refractivity contribution in [2.75, 3.05) is 4.90 Å². The summed E-state index contributed by atoms with van der Waals surface area (Å²) < 4.78 is 7.18. The van der Waals surface area contributed by atoms with Crippen molar-refractivity contribution in [1.29, 1.82) is 0 Å². The van der Waals surface area contributed by atoms with Gasteiger partial charge in [-0.05, 0) is 248 Å². The van der Waals surface area contributed by atoms with Crippen LogP contribution in [-0.2, 0) is 21.7 Å². The maximum Gasteiger partial charge on any atom is 0.152 e. The van der Waals surface area contributed by atoms with Crippen LogP contribution in [0.1, 0.15) is 195 Å². The van der Waals surface area contributed by atoms with Crippen LogP contribution in [0.3, 0.4) is 0 Å². The fourth-order valence-corrected chi connectivity index (χ4v) is 19.7. The maximum absolute atomic E-state index is 7.18. The van der Waals surface area contributed by atoms with E-state index in [4.69, 9.17) is 4.74 Å². The van der Waals surface area contributed by atoms with Crippen LogP contribution in [0.5, 0.6) is 11.5 Å². The summed E-state index contributed by atoms with van der Waals surface area (Å²) in [5.74, 6) is 1.66. The molecule has 0 saturated heterocycles. The van der Waals surface area contributed by atoms with Gasteiger partial charge in [0.1, 0.15) is 0 Å². The van der Waals surface area contributed by atoms with Crippen LogP contribution in [0.25, 0.3) is 111 Å². The molecule has 0 spiro atoms. The number of fused-ring (bicyclic) bond motifs is 14. The summed E-state index contributed by atoms with van der Waals surface area (Å²) in [4.78, 5) is 2.37. The Kier molecular flexibility index (Phi) is 17.3. The molecule has 2 heteroatoms. The SMILES string of the molecule is CCCCCCCCC1(CCCCCCCC)c2ccccc2-c2ccc(-c3ccc4c(c3)C(C)(C)c3cc(-c5ccc(-c6ccc7c(c6)C(C)(C)c6cc(-c8ccc9c(c8)Oc8cc(-c%10ccc%11c(c%10)C(C)(C)c%10cc(C)ccc%10-%11)ccc8N9c8ccc(-c9ccccc9)cc8)ccc6-7)cc5)ccc3-4)cc21. The van der Waals surface area contributed by atoms with Gasteiger partial charge in [-0.15, -0.1) is 0 Å². The number of ether oxygens (including phenoxy) is 1. The van der Waals surface area contributed by atoms with Gasteiger partial charge in [-0.1, -0.05) is 332 Å². The van der Waals surface area contributed by atoms with E-state index in [1.54, 1.807) is 11.1 Å². The van der Waals surface area contributed by atoms with Crippen LogP contribution < -0.4 is 9.64 Å². The Labute approximate surface area is 636 Å². The van der Waals surface area contributed by atoms with Crippen molar-refractivity contribution in [3.8, 4) is 123 Å². The first-order valence-electron chi connectivity index (χ1n) is 40.2. The molecule has 0 fully saturated rings. The number of benzene rings is 13. The van der Waals surface area contributed by atoms with Crippen molar-refractivity contribution in [2.24, 2.45) is 0 Å². The van der Waals surface area contributed by atoms with Crippen molar-refractivity contribution in [3.05, 3.63) is 317 Å². The lowest BCUT2D eigenvalue weighted by Crippen LogP contribution is -2.25.